The monoisotopic (exact) mass is 637 g/mol. The van der Waals surface area contributed by atoms with Crippen molar-refractivity contribution in [3.05, 3.63) is 151 Å². The smallest absolute Gasteiger partial charge is 0.412 e. The lowest BCUT2D eigenvalue weighted by atomic mass is 9.94. The standard InChI is InChI=1S/C40H35N3O5/c41-33-20-8-9-21-35(33)42-38(45)24-11-10-23-37(47-28-15-2-1-3-16-28)39(32-25-26-36(44)31-19-7-6-18-30(31)32)48-40(46)43-34-22-12-14-27-13-4-5-17-29(27)34/h1-9,11-22,24-26,37,39,44H,10,23,41H2,(H,42,45)(H,43,46)/b24-11+/t37-,39-/m0/s1. The Bertz CT molecular complexity index is 2070. The van der Waals surface area contributed by atoms with E-state index in [4.69, 9.17) is 15.2 Å². The van der Waals surface area contributed by atoms with Gasteiger partial charge in [0.2, 0.25) is 5.91 Å². The highest BCUT2D eigenvalue weighted by Crippen LogP contribution is 2.37. The lowest BCUT2D eigenvalue weighted by molar-refractivity contribution is -0.111. The highest BCUT2D eigenvalue weighted by atomic mass is 16.6. The van der Waals surface area contributed by atoms with E-state index < -0.39 is 18.3 Å². The van der Waals surface area contributed by atoms with Crippen LogP contribution >= 0.6 is 0 Å². The van der Waals surface area contributed by atoms with Crippen LogP contribution in [0.2, 0.25) is 0 Å². The molecule has 2 amide bonds. The number of allylic oxidation sites excluding steroid dienone is 1. The Balaban J connectivity index is 1.31. The fourth-order valence-corrected chi connectivity index (χ4v) is 5.67. The zero-order valence-electron chi connectivity index (χ0n) is 26.1. The van der Waals surface area contributed by atoms with Crippen LogP contribution in [0.4, 0.5) is 21.9 Å². The van der Waals surface area contributed by atoms with E-state index in [1.54, 1.807) is 42.5 Å². The Morgan fingerprint density at radius 1 is 0.708 bits per heavy atom. The number of phenols is 1. The van der Waals surface area contributed by atoms with Gasteiger partial charge in [0, 0.05) is 16.3 Å². The van der Waals surface area contributed by atoms with Crippen molar-refractivity contribution in [3.63, 3.8) is 0 Å². The normalized spacial score (nSPS) is 12.4. The lowest BCUT2D eigenvalue weighted by Crippen LogP contribution is -2.31. The number of nitrogen functional groups attached to an aromatic ring is 1. The number of fused-ring (bicyclic) bond motifs is 2. The molecular weight excluding hydrogens is 602 g/mol. The van der Waals surface area contributed by atoms with Crippen LogP contribution in [0.15, 0.2) is 146 Å². The summed E-state index contributed by atoms with van der Waals surface area (Å²) in [6, 6.07) is 40.5. The van der Waals surface area contributed by atoms with Gasteiger partial charge in [0.25, 0.3) is 0 Å². The molecule has 0 aromatic heterocycles. The number of benzene rings is 6. The summed E-state index contributed by atoms with van der Waals surface area (Å²) in [5.41, 5.74) is 8.25. The van der Waals surface area contributed by atoms with Gasteiger partial charge < -0.3 is 25.6 Å². The number of carbonyl (C=O) groups excluding carboxylic acids is 2. The maximum atomic E-state index is 13.7. The summed E-state index contributed by atoms with van der Waals surface area (Å²) in [4.78, 5) is 26.4. The zero-order chi connectivity index (χ0) is 33.3. The van der Waals surface area contributed by atoms with Crippen molar-refractivity contribution in [3.8, 4) is 11.5 Å². The van der Waals surface area contributed by atoms with Crippen molar-refractivity contribution < 1.29 is 24.2 Å². The third-order valence-electron chi connectivity index (χ3n) is 7.98. The first-order valence-corrected chi connectivity index (χ1v) is 15.7. The van der Waals surface area contributed by atoms with Gasteiger partial charge in [-0.1, -0.05) is 103 Å². The number of nitrogens with two attached hydrogens (primary N) is 1. The molecule has 0 aliphatic heterocycles. The molecule has 0 spiro atoms. The Morgan fingerprint density at radius 2 is 1.38 bits per heavy atom. The van der Waals surface area contributed by atoms with Crippen molar-refractivity contribution in [2.75, 3.05) is 16.4 Å². The summed E-state index contributed by atoms with van der Waals surface area (Å²) in [5.74, 6) is 0.386. The van der Waals surface area contributed by atoms with Crippen LogP contribution in [0.5, 0.6) is 11.5 Å². The number of ether oxygens (including phenoxy) is 2. The SMILES string of the molecule is Nc1ccccc1NC(=O)/C=C/CC[C@H](Oc1ccccc1)[C@@H](OC(=O)Nc1cccc2ccccc12)c1ccc(O)c2ccccc12. The van der Waals surface area contributed by atoms with Gasteiger partial charge in [-0.05, 0) is 66.1 Å². The van der Waals surface area contributed by atoms with Gasteiger partial charge in [0.05, 0.1) is 17.1 Å². The predicted octanol–water partition coefficient (Wildman–Crippen LogP) is 8.99. The third kappa shape index (κ3) is 7.57. The number of anilines is 3. The number of hydrogen-bond acceptors (Lipinski definition) is 6. The molecule has 0 saturated carbocycles. The summed E-state index contributed by atoms with van der Waals surface area (Å²) >= 11 is 0. The number of phenolic OH excluding ortho intramolecular Hbond substituents is 1. The van der Waals surface area contributed by atoms with Gasteiger partial charge >= 0.3 is 6.09 Å². The highest BCUT2D eigenvalue weighted by molar-refractivity contribution is 6.01. The summed E-state index contributed by atoms with van der Waals surface area (Å²) in [6.45, 7) is 0. The summed E-state index contributed by atoms with van der Waals surface area (Å²) in [5, 5.41) is 19.6. The molecule has 6 aromatic rings. The van der Waals surface area contributed by atoms with E-state index in [1.807, 2.05) is 97.1 Å². The molecule has 0 fully saturated rings. The van der Waals surface area contributed by atoms with E-state index >= 15 is 0 Å². The lowest BCUT2D eigenvalue weighted by Gasteiger charge is -2.29. The van der Waals surface area contributed by atoms with E-state index in [0.717, 1.165) is 16.2 Å². The van der Waals surface area contributed by atoms with Gasteiger partial charge in [0.1, 0.15) is 17.6 Å². The average Bonchev–Trinajstić information content (AvgIpc) is 3.11. The van der Waals surface area contributed by atoms with Crippen molar-refractivity contribution in [1.82, 2.24) is 0 Å². The van der Waals surface area contributed by atoms with Gasteiger partial charge in [-0.3, -0.25) is 10.1 Å². The maximum Gasteiger partial charge on any atom is 0.412 e. The Kier molecular flexibility index (Phi) is 9.82. The number of rotatable bonds is 11. The molecule has 0 saturated heterocycles. The van der Waals surface area contributed by atoms with Gasteiger partial charge in [-0.15, -0.1) is 0 Å². The molecule has 2 atom stereocenters. The van der Waals surface area contributed by atoms with E-state index in [-0.39, 0.29) is 11.7 Å². The van der Waals surface area contributed by atoms with Crippen LogP contribution in [0.1, 0.15) is 24.5 Å². The second-order valence-electron chi connectivity index (χ2n) is 11.2. The first-order chi connectivity index (χ1) is 23.5. The number of aromatic hydroxyl groups is 1. The van der Waals surface area contributed by atoms with Crippen molar-refractivity contribution >= 4 is 50.6 Å². The number of carbonyl (C=O) groups is 2. The fraction of sp³-hybridized carbons (Fsp3) is 0.100. The molecular formula is C40H35N3O5. The third-order valence-corrected chi connectivity index (χ3v) is 7.98. The largest absolute Gasteiger partial charge is 0.507 e. The molecule has 8 nitrogen and oxygen atoms in total. The molecule has 8 heteroatoms. The molecule has 0 aliphatic rings. The number of amides is 2. The van der Waals surface area contributed by atoms with E-state index in [0.29, 0.717) is 46.6 Å². The summed E-state index contributed by atoms with van der Waals surface area (Å²) < 4.78 is 12.8. The molecule has 0 bridgehead atoms. The second-order valence-corrected chi connectivity index (χ2v) is 11.2. The first-order valence-electron chi connectivity index (χ1n) is 15.7. The Hall–Kier alpha value is -6.28. The van der Waals surface area contributed by atoms with Crippen LogP contribution < -0.4 is 21.1 Å². The Labute approximate surface area is 278 Å². The molecule has 0 heterocycles. The number of hydrogen-bond donors (Lipinski definition) is 4. The minimum atomic E-state index is -0.906. The van der Waals surface area contributed by atoms with Crippen LogP contribution in [-0.4, -0.2) is 23.2 Å². The van der Waals surface area contributed by atoms with Crippen molar-refractivity contribution in [1.29, 1.82) is 0 Å². The fourth-order valence-electron chi connectivity index (χ4n) is 5.67. The molecule has 48 heavy (non-hydrogen) atoms. The van der Waals surface area contributed by atoms with Gasteiger partial charge in [0.15, 0.2) is 6.10 Å². The minimum Gasteiger partial charge on any atom is -0.507 e. The zero-order valence-corrected chi connectivity index (χ0v) is 26.1. The molecule has 6 aromatic carbocycles. The van der Waals surface area contributed by atoms with E-state index in [1.165, 1.54) is 6.08 Å². The topological polar surface area (TPSA) is 123 Å². The minimum absolute atomic E-state index is 0.113. The second kappa shape index (κ2) is 14.9. The summed E-state index contributed by atoms with van der Waals surface area (Å²) in [7, 11) is 0. The molecule has 0 radical (unpaired) electrons. The van der Waals surface area contributed by atoms with Crippen LogP contribution in [0, 0.1) is 0 Å². The quantitative estimate of drug-likeness (QED) is 0.0831. The highest BCUT2D eigenvalue weighted by Gasteiger charge is 2.31. The predicted molar refractivity (Wildman–Crippen MR) is 191 cm³/mol. The molecule has 240 valence electrons. The molecule has 0 unspecified atom stereocenters. The maximum absolute atomic E-state index is 13.7. The Morgan fingerprint density at radius 3 is 2.19 bits per heavy atom. The van der Waals surface area contributed by atoms with Crippen LogP contribution in [-0.2, 0) is 9.53 Å². The van der Waals surface area contributed by atoms with Crippen molar-refractivity contribution in [2.24, 2.45) is 0 Å². The average molecular weight is 638 g/mol. The molecule has 0 aliphatic carbocycles. The van der Waals surface area contributed by atoms with E-state index in [9.17, 15) is 14.7 Å². The van der Waals surface area contributed by atoms with Gasteiger partial charge in [-0.25, -0.2) is 4.79 Å². The molecule has 5 N–H and O–H groups in total. The van der Waals surface area contributed by atoms with E-state index in [2.05, 4.69) is 10.6 Å². The number of nitrogens with one attached hydrogen (secondary N) is 2. The van der Waals surface area contributed by atoms with Gasteiger partial charge in [-0.2, -0.15) is 0 Å². The van der Waals surface area contributed by atoms with Crippen molar-refractivity contribution in [2.45, 2.75) is 25.0 Å². The summed E-state index contributed by atoms with van der Waals surface area (Å²) in [6.07, 6.45) is 1.76. The number of para-hydroxylation sites is 3. The first kappa shape index (κ1) is 31.7. The van der Waals surface area contributed by atoms with Crippen LogP contribution in [0.25, 0.3) is 21.5 Å². The van der Waals surface area contributed by atoms with Crippen LogP contribution in [0.3, 0.4) is 0 Å². The molecule has 6 rings (SSSR count).